The minimum atomic E-state index is -1.10. The summed E-state index contributed by atoms with van der Waals surface area (Å²) in [5.74, 6) is 1.13. The molecule has 0 spiro atoms. The molecule has 6 nitrogen and oxygen atoms in total. The average Bonchev–Trinajstić information content (AvgIpc) is 3.24. The Labute approximate surface area is 205 Å². The van der Waals surface area contributed by atoms with Crippen LogP contribution in [0, 0.1) is 6.92 Å². The van der Waals surface area contributed by atoms with Crippen molar-refractivity contribution in [2.45, 2.75) is 40.2 Å². The van der Waals surface area contributed by atoms with Gasteiger partial charge in [-0.25, -0.2) is 4.98 Å². The number of carbonyl (C=O) groups excluding carboxylic acids is 1. The van der Waals surface area contributed by atoms with Gasteiger partial charge in [0.25, 0.3) is 5.91 Å². The molecule has 1 aromatic heterocycles. The standard InChI is InChI=1S/C25H32ClN3O3S/c1-7-28(8-2)15-16-29(23(30)25(4,5)32-19-12-10-18(26)11-13-19)24-27-21-20(31-6)14-9-17(3)22(21)33-24/h9-14H,7-8,15-16H2,1-6H3. The maximum atomic E-state index is 13.8. The van der Waals surface area contributed by atoms with Gasteiger partial charge < -0.3 is 14.4 Å². The summed E-state index contributed by atoms with van der Waals surface area (Å²) in [6, 6.07) is 11.0. The third-order valence-corrected chi connectivity index (χ3v) is 7.09. The quantitative estimate of drug-likeness (QED) is 0.360. The minimum Gasteiger partial charge on any atom is -0.494 e. The molecule has 0 aliphatic rings. The molecule has 0 atom stereocenters. The number of likely N-dealkylation sites (N-methyl/N-ethyl adjacent to an activating group) is 1. The molecule has 0 unspecified atom stereocenters. The summed E-state index contributed by atoms with van der Waals surface area (Å²) in [5.41, 5.74) is 0.769. The topological polar surface area (TPSA) is 54.9 Å². The van der Waals surface area contributed by atoms with Crippen molar-refractivity contribution in [2.75, 3.05) is 38.2 Å². The SMILES string of the molecule is CCN(CC)CCN(C(=O)C(C)(C)Oc1ccc(Cl)cc1)c1nc2c(OC)ccc(C)c2s1. The monoisotopic (exact) mass is 489 g/mol. The number of aryl methyl sites for hydroxylation is 1. The number of amides is 1. The fourth-order valence-corrected chi connectivity index (χ4v) is 4.81. The van der Waals surface area contributed by atoms with Crippen LogP contribution in [0.4, 0.5) is 5.13 Å². The highest BCUT2D eigenvalue weighted by Gasteiger charge is 2.36. The largest absolute Gasteiger partial charge is 0.494 e. The number of rotatable bonds is 10. The third kappa shape index (κ3) is 5.78. The Morgan fingerprint density at radius 2 is 1.76 bits per heavy atom. The maximum Gasteiger partial charge on any atom is 0.272 e. The van der Waals surface area contributed by atoms with Gasteiger partial charge in [-0.3, -0.25) is 9.69 Å². The lowest BCUT2D eigenvalue weighted by Gasteiger charge is -2.32. The number of methoxy groups -OCH3 is 1. The Morgan fingerprint density at radius 1 is 1.09 bits per heavy atom. The highest BCUT2D eigenvalue weighted by molar-refractivity contribution is 7.22. The lowest BCUT2D eigenvalue weighted by Crippen LogP contribution is -2.51. The van der Waals surface area contributed by atoms with Crippen LogP contribution in [0.25, 0.3) is 10.2 Å². The first-order chi connectivity index (χ1) is 15.7. The normalized spacial score (nSPS) is 11.8. The van der Waals surface area contributed by atoms with Gasteiger partial charge in [-0.1, -0.05) is 42.9 Å². The van der Waals surface area contributed by atoms with E-state index in [1.54, 1.807) is 50.1 Å². The Balaban J connectivity index is 1.98. The van der Waals surface area contributed by atoms with E-state index in [1.807, 2.05) is 19.1 Å². The number of aromatic nitrogens is 1. The van der Waals surface area contributed by atoms with E-state index in [9.17, 15) is 4.79 Å². The molecule has 0 aliphatic heterocycles. The molecule has 0 saturated carbocycles. The number of halogens is 1. The molecule has 0 saturated heterocycles. The van der Waals surface area contributed by atoms with Gasteiger partial charge >= 0.3 is 0 Å². The fourth-order valence-electron chi connectivity index (χ4n) is 3.61. The first-order valence-corrected chi connectivity index (χ1v) is 12.3. The zero-order chi connectivity index (χ0) is 24.2. The zero-order valence-corrected chi connectivity index (χ0v) is 21.7. The summed E-state index contributed by atoms with van der Waals surface area (Å²) >= 11 is 7.50. The van der Waals surface area contributed by atoms with Crippen LogP contribution >= 0.6 is 22.9 Å². The van der Waals surface area contributed by atoms with Gasteiger partial charge in [0.2, 0.25) is 0 Å². The fraction of sp³-hybridized carbons (Fsp3) is 0.440. The predicted octanol–water partition coefficient (Wildman–Crippen LogP) is 5.80. The van der Waals surface area contributed by atoms with Gasteiger partial charge in [0.1, 0.15) is 17.0 Å². The van der Waals surface area contributed by atoms with Crippen LogP contribution in [-0.2, 0) is 4.79 Å². The number of nitrogens with zero attached hydrogens (tertiary/aromatic N) is 3. The molecule has 3 rings (SSSR count). The molecule has 1 amide bonds. The summed E-state index contributed by atoms with van der Waals surface area (Å²) < 4.78 is 12.6. The second-order valence-electron chi connectivity index (χ2n) is 8.31. The number of hydrogen-bond donors (Lipinski definition) is 0. The number of fused-ring (bicyclic) bond motifs is 1. The second kappa shape index (κ2) is 10.7. The number of hydrogen-bond acceptors (Lipinski definition) is 6. The van der Waals surface area contributed by atoms with Crippen LogP contribution in [0.15, 0.2) is 36.4 Å². The zero-order valence-electron chi connectivity index (χ0n) is 20.1. The second-order valence-corrected chi connectivity index (χ2v) is 9.72. The van der Waals surface area contributed by atoms with E-state index in [0.29, 0.717) is 28.2 Å². The van der Waals surface area contributed by atoms with Crippen molar-refractivity contribution in [2.24, 2.45) is 0 Å². The van der Waals surface area contributed by atoms with Crippen molar-refractivity contribution in [3.05, 3.63) is 47.0 Å². The molecule has 1 heterocycles. The molecular formula is C25H32ClN3O3S. The first kappa shape index (κ1) is 25.3. The van der Waals surface area contributed by atoms with Crippen molar-refractivity contribution >= 4 is 44.2 Å². The molecule has 8 heteroatoms. The molecule has 0 fully saturated rings. The van der Waals surface area contributed by atoms with E-state index in [0.717, 1.165) is 35.4 Å². The van der Waals surface area contributed by atoms with Crippen LogP contribution in [0.3, 0.4) is 0 Å². The van der Waals surface area contributed by atoms with E-state index in [2.05, 4.69) is 18.7 Å². The molecule has 2 aromatic carbocycles. The van der Waals surface area contributed by atoms with Gasteiger partial charge in [0.05, 0.1) is 11.8 Å². The number of ether oxygens (including phenoxy) is 2. The summed E-state index contributed by atoms with van der Waals surface area (Å²) in [5, 5.41) is 1.26. The summed E-state index contributed by atoms with van der Waals surface area (Å²) in [6.45, 7) is 12.9. The average molecular weight is 490 g/mol. The van der Waals surface area contributed by atoms with Crippen molar-refractivity contribution in [3.63, 3.8) is 0 Å². The van der Waals surface area contributed by atoms with Crippen molar-refractivity contribution in [3.8, 4) is 11.5 Å². The van der Waals surface area contributed by atoms with E-state index in [1.165, 1.54) is 11.3 Å². The number of anilines is 1. The van der Waals surface area contributed by atoms with Crippen LogP contribution < -0.4 is 14.4 Å². The van der Waals surface area contributed by atoms with Gasteiger partial charge in [-0.05, 0) is 69.8 Å². The van der Waals surface area contributed by atoms with Crippen LogP contribution in [0.5, 0.6) is 11.5 Å². The predicted molar refractivity (Wildman–Crippen MR) is 137 cm³/mol. The molecule has 0 aliphatic carbocycles. The molecule has 33 heavy (non-hydrogen) atoms. The Bertz CT molecular complexity index is 1090. The van der Waals surface area contributed by atoms with E-state index < -0.39 is 5.60 Å². The van der Waals surface area contributed by atoms with E-state index in [-0.39, 0.29) is 5.91 Å². The molecule has 0 radical (unpaired) electrons. The highest BCUT2D eigenvalue weighted by atomic mass is 35.5. The van der Waals surface area contributed by atoms with Crippen molar-refractivity contribution < 1.29 is 14.3 Å². The number of benzene rings is 2. The lowest BCUT2D eigenvalue weighted by molar-refractivity contribution is -0.131. The summed E-state index contributed by atoms with van der Waals surface area (Å²) in [6.07, 6.45) is 0. The van der Waals surface area contributed by atoms with E-state index >= 15 is 0 Å². The van der Waals surface area contributed by atoms with Crippen molar-refractivity contribution in [1.29, 1.82) is 0 Å². The van der Waals surface area contributed by atoms with Crippen molar-refractivity contribution in [1.82, 2.24) is 9.88 Å². The van der Waals surface area contributed by atoms with Gasteiger partial charge in [-0.15, -0.1) is 0 Å². The lowest BCUT2D eigenvalue weighted by atomic mass is 10.1. The van der Waals surface area contributed by atoms with Crippen LogP contribution in [-0.4, -0.2) is 54.7 Å². The molecular weight excluding hydrogens is 458 g/mol. The van der Waals surface area contributed by atoms with Gasteiger partial charge in [0.15, 0.2) is 10.7 Å². The molecule has 0 bridgehead atoms. The molecule has 0 N–H and O–H groups in total. The minimum absolute atomic E-state index is 0.153. The van der Waals surface area contributed by atoms with Crippen LogP contribution in [0.1, 0.15) is 33.3 Å². The molecule has 178 valence electrons. The summed E-state index contributed by atoms with van der Waals surface area (Å²) in [7, 11) is 1.63. The maximum absolute atomic E-state index is 13.8. The Kier molecular flexibility index (Phi) is 8.21. The Hall–Kier alpha value is -2.35. The van der Waals surface area contributed by atoms with Crippen LogP contribution in [0.2, 0.25) is 5.02 Å². The van der Waals surface area contributed by atoms with Gasteiger partial charge in [0, 0.05) is 18.1 Å². The Morgan fingerprint density at radius 3 is 2.36 bits per heavy atom. The highest BCUT2D eigenvalue weighted by Crippen LogP contribution is 2.37. The smallest absolute Gasteiger partial charge is 0.272 e. The number of thiazole rings is 1. The van der Waals surface area contributed by atoms with E-state index in [4.69, 9.17) is 26.1 Å². The molecule has 3 aromatic rings. The third-order valence-electron chi connectivity index (χ3n) is 5.62. The number of carbonyl (C=O) groups is 1. The first-order valence-electron chi connectivity index (χ1n) is 11.1. The summed E-state index contributed by atoms with van der Waals surface area (Å²) in [4.78, 5) is 22.7. The van der Waals surface area contributed by atoms with Gasteiger partial charge in [-0.2, -0.15) is 0 Å².